The van der Waals surface area contributed by atoms with Gasteiger partial charge in [0, 0.05) is 11.1 Å². The molecule has 0 aliphatic rings. The van der Waals surface area contributed by atoms with E-state index >= 15 is 0 Å². The summed E-state index contributed by atoms with van der Waals surface area (Å²) in [4.78, 5) is 22.1. The van der Waals surface area contributed by atoms with E-state index in [0.29, 0.717) is 5.56 Å². The Labute approximate surface area is 124 Å². The average Bonchev–Trinajstić information content (AvgIpc) is 2.44. The zero-order chi connectivity index (χ0) is 15.4. The quantitative estimate of drug-likeness (QED) is 0.490. The van der Waals surface area contributed by atoms with E-state index in [2.05, 4.69) is 0 Å². The first-order chi connectivity index (χ1) is 9.97. The van der Waals surface area contributed by atoms with Gasteiger partial charge in [0.1, 0.15) is 18.0 Å². The van der Waals surface area contributed by atoms with Crippen LogP contribution in [0.15, 0.2) is 42.5 Å². The van der Waals surface area contributed by atoms with Gasteiger partial charge in [0.2, 0.25) is 0 Å². The molecule has 0 aliphatic carbocycles. The second-order valence-corrected chi connectivity index (χ2v) is 4.56. The first-order valence-electron chi connectivity index (χ1n) is 5.83. The van der Waals surface area contributed by atoms with Crippen LogP contribution in [-0.4, -0.2) is 10.9 Å². The van der Waals surface area contributed by atoms with Crippen LogP contribution in [0.5, 0.6) is 0 Å². The minimum atomic E-state index is -0.895. The molecule has 21 heavy (non-hydrogen) atoms. The van der Waals surface area contributed by atoms with Crippen molar-refractivity contribution in [2.24, 2.45) is 0 Å². The van der Waals surface area contributed by atoms with Gasteiger partial charge in [-0.1, -0.05) is 23.7 Å². The van der Waals surface area contributed by atoms with Crippen molar-refractivity contribution >= 4 is 23.3 Å². The van der Waals surface area contributed by atoms with Crippen LogP contribution in [0.2, 0.25) is 5.02 Å². The molecule has 0 unspecified atom stereocenters. The number of carbonyl (C=O) groups excluding carboxylic acids is 1. The van der Waals surface area contributed by atoms with E-state index in [1.54, 1.807) is 6.07 Å². The summed E-state index contributed by atoms with van der Waals surface area (Å²) >= 11 is 5.72. The number of ether oxygens (including phenoxy) is 1. The number of esters is 1. The lowest BCUT2D eigenvalue weighted by molar-refractivity contribution is -0.385. The Bertz CT molecular complexity index is 705. The fourth-order valence-electron chi connectivity index (χ4n) is 1.68. The molecule has 2 aromatic rings. The predicted octanol–water partition coefficient (Wildman–Crippen LogP) is 3.74. The van der Waals surface area contributed by atoms with Crippen LogP contribution in [0.25, 0.3) is 0 Å². The molecule has 0 N–H and O–H groups in total. The Kier molecular flexibility index (Phi) is 4.49. The zero-order valence-electron chi connectivity index (χ0n) is 10.6. The second kappa shape index (κ2) is 6.32. The second-order valence-electron chi connectivity index (χ2n) is 4.12. The highest BCUT2D eigenvalue weighted by atomic mass is 35.5. The van der Waals surface area contributed by atoms with Gasteiger partial charge in [-0.25, -0.2) is 9.18 Å². The Morgan fingerprint density at radius 1 is 1.29 bits per heavy atom. The highest BCUT2D eigenvalue weighted by molar-refractivity contribution is 6.31. The minimum absolute atomic E-state index is 0.179. The third kappa shape index (κ3) is 3.76. The third-order valence-electron chi connectivity index (χ3n) is 2.63. The number of benzene rings is 2. The number of hydrogen-bond acceptors (Lipinski definition) is 4. The van der Waals surface area contributed by atoms with Crippen LogP contribution < -0.4 is 0 Å². The number of hydrogen-bond donors (Lipinski definition) is 0. The molecular formula is C14H9ClFNO4. The van der Waals surface area contributed by atoms with Crippen molar-refractivity contribution in [1.82, 2.24) is 0 Å². The molecule has 2 rings (SSSR count). The van der Waals surface area contributed by atoms with E-state index in [4.69, 9.17) is 16.3 Å². The van der Waals surface area contributed by atoms with Crippen LogP contribution in [0.1, 0.15) is 15.9 Å². The van der Waals surface area contributed by atoms with Crippen molar-refractivity contribution < 1.29 is 18.8 Å². The Morgan fingerprint density at radius 2 is 2.05 bits per heavy atom. The lowest BCUT2D eigenvalue weighted by Gasteiger charge is -2.06. The Hall–Kier alpha value is -2.47. The van der Waals surface area contributed by atoms with Crippen LogP contribution >= 0.6 is 11.6 Å². The maximum absolute atomic E-state index is 13.0. The average molecular weight is 310 g/mol. The lowest BCUT2D eigenvalue weighted by atomic mass is 10.2. The molecule has 7 heteroatoms. The van der Waals surface area contributed by atoms with E-state index in [0.717, 1.165) is 12.1 Å². The summed E-state index contributed by atoms with van der Waals surface area (Å²) in [5.41, 5.74) is -0.208. The topological polar surface area (TPSA) is 69.4 Å². The molecular weight excluding hydrogens is 301 g/mol. The van der Waals surface area contributed by atoms with Gasteiger partial charge in [-0.15, -0.1) is 0 Å². The van der Waals surface area contributed by atoms with Gasteiger partial charge in [-0.05, 0) is 29.8 Å². The standard InChI is InChI=1S/C14H9ClFNO4/c15-10-4-5-13(17(19)20)12(7-10)14(18)21-8-9-2-1-3-11(16)6-9/h1-7H,8H2. The highest BCUT2D eigenvalue weighted by Crippen LogP contribution is 2.23. The molecule has 5 nitrogen and oxygen atoms in total. The molecule has 108 valence electrons. The molecule has 0 fully saturated rings. The molecule has 0 spiro atoms. The smallest absolute Gasteiger partial charge is 0.345 e. The lowest BCUT2D eigenvalue weighted by Crippen LogP contribution is -2.08. The molecule has 0 heterocycles. The molecule has 0 amide bonds. The summed E-state index contributed by atoms with van der Waals surface area (Å²) in [6, 6.07) is 9.10. The van der Waals surface area contributed by atoms with Gasteiger partial charge < -0.3 is 4.74 Å². The van der Waals surface area contributed by atoms with Crippen molar-refractivity contribution in [1.29, 1.82) is 0 Å². The number of nitrogens with zero attached hydrogens (tertiary/aromatic N) is 1. The number of rotatable bonds is 4. The van der Waals surface area contributed by atoms with Gasteiger partial charge in [-0.2, -0.15) is 0 Å². The van der Waals surface area contributed by atoms with Crippen LogP contribution in [0.3, 0.4) is 0 Å². The number of nitro groups is 1. The summed E-state index contributed by atoms with van der Waals surface area (Å²) in [5, 5.41) is 11.0. The number of carbonyl (C=O) groups is 1. The first kappa shape index (κ1) is 14.9. The monoisotopic (exact) mass is 309 g/mol. The van der Waals surface area contributed by atoms with Gasteiger partial charge >= 0.3 is 5.97 Å². The Morgan fingerprint density at radius 3 is 2.71 bits per heavy atom. The van der Waals surface area contributed by atoms with Crippen molar-refractivity contribution in [3.8, 4) is 0 Å². The summed E-state index contributed by atoms with van der Waals surface area (Å²) in [6.45, 7) is -0.194. The zero-order valence-corrected chi connectivity index (χ0v) is 11.3. The SMILES string of the molecule is O=C(OCc1cccc(F)c1)c1cc(Cl)ccc1[N+](=O)[O-]. The summed E-state index contributed by atoms with van der Waals surface area (Å²) in [5.74, 6) is -1.36. The molecule has 2 aromatic carbocycles. The summed E-state index contributed by atoms with van der Waals surface area (Å²) in [7, 11) is 0. The van der Waals surface area contributed by atoms with Crippen LogP contribution in [0, 0.1) is 15.9 Å². The van der Waals surface area contributed by atoms with Gasteiger partial charge in [0.15, 0.2) is 0 Å². The third-order valence-corrected chi connectivity index (χ3v) is 2.87. The van der Waals surface area contributed by atoms with Crippen molar-refractivity contribution in [3.05, 3.63) is 74.5 Å². The molecule has 0 saturated carbocycles. The maximum Gasteiger partial charge on any atom is 0.345 e. The molecule has 0 radical (unpaired) electrons. The van der Waals surface area contributed by atoms with Crippen molar-refractivity contribution in [3.63, 3.8) is 0 Å². The largest absolute Gasteiger partial charge is 0.457 e. The van der Waals surface area contributed by atoms with E-state index < -0.39 is 22.4 Å². The molecule has 0 aromatic heterocycles. The van der Waals surface area contributed by atoms with Gasteiger partial charge in [0.25, 0.3) is 5.69 Å². The number of nitro benzene ring substituents is 1. The maximum atomic E-state index is 13.0. The van der Waals surface area contributed by atoms with Gasteiger partial charge in [0.05, 0.1) is 4.92 Å². The Balaban J connectivity index is 2.17. The van der Waals surface area contributed by atoms with Crippen molar-refractivity contribution in [2.75, 3.05) is 0 Å². The van der Waals surface area contributed by atoms with Crippen LogP contribution in [0.4, 0.5) is 10.1 Å². The van der Waals surface area contributed by atoms with E-state index in [9.17, 15) is 19.3 Å². The molecule has 0 aliphatic heterocycles. The molecule has 0 atom stereocenters. The fourth-order valence-corrected chi connectivity index (χ4v) is 1.86. The van der Waals surface area contributed by atoms with E-state index in [1.165, 1.54) is 24.3 Å². The number of halogens is 2. The van der Waals surface area contributed by atoms with Gasteiger partial charge in [-0.3, -0.25) is 10.1 Å². The summed E-state index contributed by atoms with van der Waals surface area (Å²) in [6.07, 6.45) is 0. The summed E-state index contributed by atoms with van der Waals surface area (Å²) < 4.78 is 17.9. The van der Waals surface area contributed by atoms with E-state index in [1.807, 2.05) is 0 Å². The van der Waals surface area contributed by atoms with Crippen LogP contribution in [-0.2, 0) is 11.3 Å². The van der Waals surface area contributed by atoms with Crippen molar-refractivity contribution in [2.45, 2.75) is 6.61 Å². The molecule has 0 bridgehead atoms. The van der Waals surface area contributed by atoms with E-state index in [-0.39, 0.29) is 17.2 Å². The normalized spacial score (nSPS) is 10.2. The fraction of sp³-hybridized carbons (Fsp3) is 0.0714. The minimum Gasteiger partial charge on any atom is -0.457 e. The first-order valence-corrected chi connectivity index (χ1v) is 6.20. The predicted molar refractivity (Wildman–Crippen MR) is 73.6 cm³/mol. The highest BCUT2D eigenvalue weighted by Gasteiger charge is 2.21. The molecule has 0 saturated heterocycles.